The smallest absolute Gasteiger partial charge is 0.288 e. The van der Waals surface area contributed by atoms with Gasteiger partial charge in [-0.05, 0) is 12.1 Å². The van der Waals surface area contributed by atoms with E-state index in [9.17, 15) is 8.78 Å². The molecule has 0 saturated carbocycles. The number of rotatable bonds is 4. The molecule has 1 heterocycles. The van der Waals surface area contributed by atoms with E-state index < -0.39 is 5.76 Å². The maximum absolute atomic E-state index is 12.4. The average Bonchev–Trinajstić information content (AvgIpc) is 2.35. The number of thioether (sulfide) groups is 1. The summed E-state index contributed by atoms with van der Waals surface area (Å²) in [6, 6.07) is 6.62. The van der Waals surface area contributed by atoms with Gasteiger partial charge in [-0.25, -0.2) is 4.98 Å². The third-order valence-corrected chi connectivity index (χ3v) is 3.18. The fourth-order valence-electron chi connectivity index (χ4n) is 1.36. The molecule has 1 aromatic carbocycles. The predicted octanol–water partition coefficient (Wildman–Crippen LogP) is 3.77. The van der Waals surface area contributed by atoms with Gasteiger partial charge in [0.05, 0.1) is 11.9 Å². The molecule has 0 unspecified atom stereocenters. The number of nitrogens with one attached hydrogen (secondary N) is 1. The number of anilines is 3. The summed E-state index contributed by atoms with van der Waals surface area (Å²) in [5.41, 5.74) is 5.93. The number of halogens is 3. The van der Waals surface area contributed by atoms with Crippen LogP contribution in [0.3, 0.4) is 0 Å². The number of aromatic nitrogens is 2. The molecule has 8 heteroatoms. The average molecular weight is 303 g/mol. The number of nitrogens with two attached hydrogens (primary N) is 1. The highest BCUT2D eigenvalue weighted by molar-refractivity contribution is 7.99. The molecule has 0 fully saturated rings. The van der Waals surface area contributed by atoms with Crippen molar-refractivity contribution >= 4 is 40.8 Å². The molecule has 0 spiro atoms. The Bertz CT molecular complexity index is 582. The molecule has 19 heavy (non-hydrogen) atoms. The number of nitrogen functional groups attached to an aromatic ring is 1. The minimum Gasteiger partial charge on any atom is -0.368 e. The second-order valence-corrected chi connectivity index (χ2v) is 4.86. The van der Waals surface area contributed by atoms with Crippen molar-refractivity contribution in [3.8, 4) is 0 Å². The molecule has 0 aliphatic carbocycles. The van der Waals surface area contributed by atoms with Crippen LogP contribution in [-0.4, -0.2) is 15.7 Å². The molecule has 0 saturated heterocycles. The van der Waals surface area contributed by atoms with Gasteiger partial charge in [0, 0.05) is 4.90 Å². The second kappa shape index (κ2) is 6.03. The number of benzene rings is 1. The van der Waals surface area contributed by atoms with Gasteiger partial charge in [0.2, 0.25) is 5.95 Å². The van der Waals surface area contributed by atoms with E-state index in [1.807, 2.05) is 0 Å². The Hall–Kier alpha value is -1.60. The van der Waals surface area contributed by atoms with Crippen LogP contribution < -0.4 is 11.1 Å². The van der Waals surface area contributed by atoms with Crippen LogP contribution in [0, 0.1) is 0 Å². The number of hydrogen-bond donors (Lipinski definition) is 2. The molecule has 0 aliphatic rings. The summed E-state index contributed by atoms with van der Waals surface area (Å²) in [5, 5.41) is 3.13. The monoisotopic (exact) mass is 302 g/mol. The molecule has 1 aromatic heterocycles. The molecular formula is C11H9ClF2N4S. The summed E-state index contributed by atoms with van der Waals surface area (Å²) >= 11 is 6.35. The van der Waals surface area contributed by atoms with Crippen LogP contribution >= 0.6 is 23.4 Å². The van der Waals surface area contributed by atoms with Gasteiger partial charge < -0.3 is 11.1 Å². The topological polar surface area (TPSA) is 63.8 Å². The molecule has 0 radical (unpaired) electrons. The van der Waals surface area contributed by atoms with Gasteiger partial charge in [-0.3, -0.25) is 0 Å². The van der Waals surface area contributed by atoms with Crippen molar-refractivity contribution < 1.29 is 8.78 Å². The lowest BCUT2D eigenvalue weighted by atomic mass is 10.3. The molecule has 0 bridgehead atoms. The van der Waals surface area contributed by atoms with Crippen molar-refractivity contribution in [2.75, 3.05) is 11.1 Å². The van der Waals surface area contributed by atoms with E-state index in [1.165, 1.54) is 6.20 Å². The lowest BCUT2D eigenvalue weighted by molar-refractivity contribution is 0.252. The summed E-state index contributed by atoms with van der Waals surface area (Å²) in [6.07, 6.45) is 1.34. The first-order valence-electron chi connectivity index (χ1n) is 5.15. The zero-order valence-electron chi connectivity index (χ0n) is 9.48. The van der Waals surface area contributed by atoms with Crippen molar-refractivity contribution in [2.24, 2.45) is 0 Å². The summed E-state index contributed by atoms with van der Waals surface area (Å²) in [7, 11) is 0. The maximum Gasteiger partial charge on any atom is 0.288 e. The van der Waals surface area contributed by atoms with Crippen molar-refractivity contribution in [1.29, 1.82) is 0 Å². The van der Waals surface area contributed by atoms with E-state index in [1.54, 1.807) is 24.3 Å². The molecule has 0 amide bonds. The van der Waals surface area contributed by atoms with Crippen molar-refractivity contribution in [2.45, 2.75) is 10.7 Å². The Kier molecular flexibility index (Phi) is 4.39. The van der Waals surface area contributed by atoms with Crippen LogP contribution in [0.15, 0.2) is 35.4 Å². The zero-order chi connectivity index (χ0) is 13.8. The molecular weight excluding hydrogens is 294 g/mol. The van der Waals surface area contributed by atoms with E-state index in [4.69, 9.17) is 17.3 Å². The first kappa shape index (κ1) is 13.8. The highest BCUT2D eigenvalue weighted by Gasteiger charge is 2.11. The van der Waals surface area contributed by atoms with E-state index >= 15 is 0 Å². The molecule has 0 aliphatic heterocycles. The molecule has 3 N–H and O–H groups in total. The highest BCUT2D eigenvalue weighted by Crippen LogP contribution is 2.34. The highest BCUT2D eigenvalue weighted by atomic mass is 35.5. The second-order valence-electron chi connectivity index (χ2n) is 3.42. The van der Waals surface area contributed by atoms with Gasteiger partial charge in [-0.15, -0.1) is 0 Å². The number of para-hydroxylation sites is 1. The third-order valence-electron chi connectivity index (χ3n) is 2.12. The molecule has 2 aromatic rings. The quantitative estimate of drug-likeness (QED) is 0.842. The number of nitrogens with zero attached hydrogens (tertiary/aromatic N) is 2. The van der Waals surface area contributed by atoms with Crippen molar-refractivity contribution in [3.63, 3.8) is 0 Å². The fourth-order valence-corrected chi connectivity index (χ4v) is 2.10. The van der Waals surface area contributed by atoms with Gasteiger partial charge in [0.25, 0.3) is 5.76 Å². The van der Waals surface area contributed by atoms with Gasteiger partial charge in [-0.1, -0.05) is 35.5 Å². The van der Waals surface area contributed by atoms with E-state index in [0.29, 0.717) is 22.3 Å². The lowest BCUT2D eigenvalue weighted by Gasteiger charge is -2.11. The van der Waals surface area contributed by atoms with Crippen molar-refractivity contribution in [3.05, 3.63) is 35.5 Å². The third kappa shape index (κ3) is 3.68. The normalized spacial score (nSPS) is 10.7. The molecule has 0 atom stereocenters. The van der Waals surface area contributed by atoms with Crippen molar-refractivity contribution in [1.82, 2.24) is 9.97 Å². The Morgan fingerprint density at radius 2 is 2.05 bits per heavy atom. The van der Waals surface area contributed by atoms with Gasteiger partial charge in [0.1, 0.15) is 5.02 Å². The van der Waals surface area contributed by atoms with E-state index in [0.717, 1.165) is 0 Å². The minimum absolute atomic E-state index is 0.0471. The van der Waals surface area contributed by atoms with Crippen LogP contribution in [0.2, 0.25) is 5.02 Å². The van der Waals surface area contributed by atoms with Gasteiger partial charge in [-0.2, -0.15) is 13.8 Å². The SMILES string of the molecule is Nc1ncc(Cl)c(Nc2ccccc2SC(F)F)n1. The van der Waals surface area contributed by atoms with Crippen LogP contribution in [-0.2, 0) is 0 Å². The standard InChI is InChI=1S/C11H9ClF2N4S/c12-6-5-16-11(15)18-9(6)17-7-3-1-2-4-8(7)19-10(13)14/h1-5,10H,(H3,15,16,17,18). The van der Waals surface area contributed by atoms with E-state index in [2.05, 4.69) is 15.3 Å². The Labute approximate surface area is 117 Å². The molecule has 100 valence electrons. The Morgan fingerprint density at radius 3 is 2.79 bits per heavy atom. The summed E-state index contributed by atoms with van der Waals surface area (Å²) in [4.78, 5) is 8.03. The molecule has 4 nitrogen and oxygen atoms in total. The number of hydrogen-bond acceptors (Lipinski definition) is 5. The first-order chi connectivity index (χ1) is 9.06. The van der Waals surface area contributed by atoms with Crippen LogP contribution in [0.25, 0.3) is 0 Å². The zero-order valence-corrected chi connectivity index (χ0v) is 11.1. The fraction of sp³-hybridized carbons (Fsp3) is 0.0909. The Balaban J connectivity index is 2.30. The molecule has 2 rings (SSSR count). The first-order valence-corrected chi connectivity index (χ1v) is 6.41. The van der Waals surface area contributed by atoms with Crippen LogP contribution in [0.1, 0.15) is 0 Å². The Morgan fingerprint density at radius 1 is 1.32 bits per heavy atom. The van der Waals surface area contributed by atoms with Crippen LogP contribution in [0.5, 0.6) is 0 Å². The van der Waals surface area contributed by atoms with Gasteiger partial charge in [0.15, 0.2) is 5.82 Å². The summed E-state index contributed by atoms with van der Waals surface area (Å²) in [5.74, 6) is -2.18. The maximum atomic E-state index is 12.4. The summed E-state index contributed by atoms with van der Waals surface area (Å²) in [6.45, 7) is 0. The minimum atomic E-state index is -2.51. The lowest BCUT2D eigenvalue weighted by Crippen LogP contribution is -2.01. The largest absolute Gasteiger partial charge is 0.368 e. The summed E-state index contributed by atoms with van der Waals surface area (Å²) < 4.78 is 24.9. The number of alkyl halides is 2. The van der Waals surface area contributed by atoms with Crippen LogP contribution in [0.4, 0.5) is 26.2 Å². The predicted molar refractivity (Wildman–Crippen MR) is 73.0 cm³/mol. The van der Waals surface area contributed by atoms with E-state index in [-0.39, 0.29) is 16.8 Å². The van der Waals surface area contributed by atoms with Gasteiger partial charge >= 0.3 is 0 Å².